The molecule has 8 heteroatoms. The van der Waals surface area contributed by atoms with Crippen LogP contribution in [0.4, 0.5) is 0 Å². The summed E-state index contributed by atoms with van der Waals surface area (Å²) in [7, 11) is 0. The van der Waals surface area contributed by atoms with Crippen LogP contribution in [-0.2, 0) is 11.3 Å². The maximum Gasteiger partial charge on any atom is 0.246 e. The molecule has 0 aromatic carbocycles. The lowest BCUT2D eigenvalue weighted by atomic mass is 10.1. The van der Waals surface area contributed by atoms with Crippen molar-refractivity contribution in [1.29, 1.82) is 0 Å². The highest BCUT2D eigenvalue weighted by Crippen LogP contribution is 2.39. The van der Waals surface area contributed by atoms with Gasteiger partial charge in [0.2, 0.25) is 5.89 Å². The van der Waals surface area contributed by atoms with Gasteiger partial charge in [-0.3, -0.25) is 4.90 Å². The Hall–Kier alpha value is -1.38. The van der Waals surface area contributed by atoms with E-state index in [9.17, 15) is 0 Å². The molecule has 21 heavy (non-hydrogen) atoms. The van der Waals surface area contributed by atoms with Crippen LogP contribution < -0.4 is 0 Å². The van der Waals surface area contributed by atoms with E-state index in [0.29, 0.717) is 18.4 Å². The van der Waals surface area contributed by atoms with E-state index >= 15 is 0 Å². The highest BCUT2D eigenvalue weighted by molar-refractivity contribution is 7.09. The van der Waals surface area contributed by atoms with Crippen molar-refractivity contribution in [2.45, 2.75) is 44.4 Å². The van der Waals surface area contributed by atoms with E-state index < -0.39 is 0 Å². The molecule has 4 rings (SSSR count). The van der Waals surface area contributed by atoms with E-state index in [2.05, 4.69) is 32.2 Å². The Morgan fingerprint density at radius 3 is 3.10 bits per heavy atom. The van der Waals surface area contributed by atoms with Crippen LogP contribution >= 0.6 is 11.3 Å². The predicted molar refractivity (Wildman–Crippen MR) is 74.7 cm³/mol. The van der Waals surface area contributed by atoms with E-state index in [1.165, 1.54) is 12.8 Å². The average Bonchev–Trinajstić information content (AvgIpc) is 2.99. The number of morpholine rings is 1. The van der Waals surface area contributed by atoms with Gasteiger partial charge in [0.15, 0.2) is 5.82 Å². The first-order valence-electron chi connectivity index (χ1n) is 7.25. The lowest BCUT2D eigenvalue weighted by molar-refractivity contribution is -0.0763. The van der Waals surface area contributed by atoms with Gasteiger partial charge in [0.1, 0.15) is 16.6 Å². The Morgan fingerprint density at radius 2 is 2.33 bits per heavy atom. The molecule has 1 saturated heterocycles. The minimum Gasteiger partial charge on any atom is -0.375 e. The first-order chi connectivity index (χ1) is 10.3. The van der Waals surface area contributed by atoms with Crippen molar-refractivity contribution in [1.82, 2.24) is 25.2 Å². The Kier molecular flexibility index (Phi) is 3.44. The standard InChI is InChI=1S/C13H17N5O2S/c1-8-11(13-15-12(17-20-13)9-2-3-9)18(4-5-19-8)6-10-16-14-7-21-10/h7-9,11H,2-6H2,1H3/t8-,11+/m1/s1. The van der Waals surface area contributed by atoms with Crippen LogP contribution in [0.2, 0.25) is 0 Å². The SMILES string of the molecule is C[C@H]1OCCN(Cc2nncs2)[C@@H]1c1nc(C2CC2)no1. The molecule has 0 radical (unpaired) electrons. The molecule has 3 heterocycles. The maximum absolute atomic E-state index is 5.78. The first-order valence-corrected chi connectivity index (χ1v) is 8.13. The maximum atomic E-state index is 5.78. The van der Waals surface area contributed by atoms with Gasteiger partial charge in [-0.15, -0.1) is 21.5 Å². The summed E-state index contributed by atoms with van der Waals surface area (Å²) in [4.78, 5) is 6.88. The monoisotopic (exact) mass is 307 g/mol. The number of rotatable bonds is 4. The van der Waals surface area contributed by atoms with Crippen LogP contribution in [0, 0.1) is 0 Å². The largest absolute Gasteiger partial charge is 0.375 e. The van der Waals surface area contributed by atoms with Crippen LogP contribution in [0.15, 0.2) is 10.0 Å². The van der Waals surface area contributed by atoms with Crippen molar-refractivity contribution in [2.75, 3.05) is 13.2 Å². The topological polar surface area (TPSA) is 77.2 Å². The van der Waals surface area contributed by atoms with Crippen molar-refractivity contribution < 1.29 is 9.26 Å². The fraction of sp³-hybridized carbons (Fsp3) is 0.692. The van der Waals surface area contributed by atoms with Gasteiger partial charge < -0.3 is 9.26 Å². The Bertz CT molecular complexity index is 597. The molecule has 0 N–H and O–H groups in total. The van der Waals surface area contributed by atoms with Gasteiger partial charge in [-0.25, -0.2) is 0 Å². The number of ether oxygens (including phenoxy) is 1. The normalized spacial score (nSPS) is 27.1. The molecule has 0 unspecified atom stereocenters. The second kappa shape index (κ2) is 5.43. The van der Waals surface area contributed by atoms with Gasteiger partial charge in [0.25, 0.3) is 0 Å². The zero-order valence-corrected chi connectivity index (χ0v) is 12.6. The van der Waals surface area contributed by atoms with Crippen LogP contribution in [-0.4, -0.2) is 44.5 Å². The minimum absolute atomic E-state index is 0.0114. The fourth-order valence-electron chi connectivity index (χ4n) is 2.73. The number of nitrogens with zero attached hydrogens (tertiary/aromatic N) is 5. The molecule has 0 amide bonds. The Balaban J connectivity index is 1.57. The summed E-state index contributed by atoms with van der Waals surface area (Å²) in [6, 6.07) is -0.0114. The highest BCUT2D eigenvalue weighted by Gasteiger charge is 2.37. The van der Waals surface area contributed by atoms with Crippen LogP contribution in [0.25, 0.3) is 0 Å². The predicted octanol–water partition coefficient (Wildman–Crippen LogP) is 1.76. The van der Waals surface area contributed by atoms with Gasteiger partial charge >= 0.3 is 0 Å². The molecule has 2 aromatic rings. The third-order valence-electron chi connectivity index (χ3n) is 3.99. The molecule has 2 aromatic heterocycles. The van der Waals surface area contributed by atoms with Crippen molar-refractivity contribution in [3.8, 4) is 0 Å². The number of hydrogen-bond acceptors (Lipinski definition) is 8. The fourth-order valence-corrected chi connectivity index (χ4v) is 3.28. The van der Waals surface area contributed by atoms with Gasteiger partial charge in [-0.2, -0.15) is 4.98 Å². The summed E-state index contributed by atoms with van der Waals surface area (Å²) in [6.07, 6.45) is 2.37. The Labute approximate surface area is 126 Å². The van der Waals surface area contributed by atoms with E-state index in [-0.39, 0.29) is 12.1 Å². The van der Waals surface area contributed by atoms with E-state index in [4.69, 9.17) is 9.26 Å². The highest BCUT2D eigenvalue weighted by atomic mass is 32.1. The molecular formula is C13H17N5O2S. The summed E-state index contributed by atoms with van der Waals surface area (Å²) in [6.45, 7) is 4.33. The molecule has 1 saturated carbocycles. The zero-order chi connectivity index (χ0) is 14.2. The molecule has 2 atom stereocenters. The van der Waals surface area contributed by atoms with Crippen molar-refractivity contribution >= 4 is 11.3 Å². The summed E-state index contributed by atoms with van der Waals surface area (Å²) in [5.74, 6) is 2.01. The smallest absolute Gasteiger partial charge is 0.246 e. The third-order valence-corrected chi connectivity index (χ3v) is 4.68. The number of hydrogen-bond donors (Lipinski definition) is 0. The van der Waals surface area contributed by atoms with Gasteiger partial charge in [-0.1, -0.05) is 5.16 Å². The summed E-state index contributed by atoms with van der Waals surface area (Å²) in [5.41, 5.74) is 1.76. The number of aromatic nitrogens is 4. The second-order valence-electron chi connectivity index (χ2n) is 5.59. The van der Waals surface area contributed by atoms with Gasteiger partial charge in [0.05, 0.1) is 19.3 Å². The quantitative estimate of drug-likeness (QED) is 0.851. The molecule has 1 aliphatic carbocycles. The molecule has 2 aliphatic rings. The average molecular weight is 307 g/mol. The zero-order valence-electron chi connectivity index (χ0n) is 11.8. The summed E-state index contributed by atoms with van der Waals surface area (Å²) >= 11 is 1.56. The van der Waals surface area contributed by atoms with E-state index in [1.807, 2.05) is 0 Å². The Morgan fingerprint density at radius 1 is 1.43 bits per heavy atom. The molecular weight excluding hydrogens is 290 g/mol. The molecule has 0 bridgehead atoms. The molecule has 2 fully saturated rings. The molecule has 0 spiro atoms. The van der Waals surface area contributed by atoms with Gasteiger partial charge in [-0.05, 0) is 19.8 Å². The first kappa shape index (κ1) is 13.3. The summed E-state index contributed by atoms with van der Waals surface area (Å²) in [5, 5.41) is 13.1. The second-order valence-corrected chi connectivity index (χ2v) is 6.51. The van der Waals surface area contributed by atoms with Crippen molar-refractivity contribution in [3.05, 3.63) is 22.2 Å². The van der Waals surface area contributed by atoms with Crippen LogP contribution in [0.1, 0.15) is 48.4 Å². The van der Waals surface area contributed by atoms with Crippen LogP contribution in [0.3, 0.4) is 0 Å². The van der Waals surface area contributed by atoms with Crippen molar-refractivity contribution in [3.63, 3.8) is 0 Å². The van der Waals surface area contributed by atoms with Crippen LogP contribution in [0.5, 0.6) is 0 Å². The van der Waals surface area contributed by atoms with Crippen molar-refractivity contribution in [2.24, 2.45) is 0 Å². The minimum atomic E-state index is -0.0114. The van der Waals surface area contributed by atoms with Gasteiger partial charge in [0, 0.05) is 12.5 Å². The third kappa shape index (κ3) is 2.70. The molecule has 7 nitrogen and oxygen atoms in total. The van der Waals surface area contributed by atoms with E-state index in [0.717, 1.165) is 23.9 Å². The van der Waals surface area contributed by atoms with E-state index in [1.54, 1.807) is 16.8 Å². The lowest BCUT2D eigenvalue weighted by Crippen LogP contribution is -2.43. The molecule has 1 aliphatic heterocycles. The lowest BCUT2D eigenvalue weighted by Gasteiger charge is -2.36. The molecule has 112 valence electrons. The summed E-state index contributed by atoms with van der Waals surface area (Å²) < 4.78 is 11.3.